The van der Waals surface area contributed by atoms with E-state index < -0.39 is 0 Å². The first-order valence-electron chi connectivity index (χ1n) is 1.76. The Morgan fingerprint density at radius 1 is 1.67 bits per heavy atom. The standard InChI is InChI=1S/C4H9NO/c1-4(2)3-6-5/h3H,5H2,1-2H3. The minimum Gasteiger partial charge on any atom is -0.419 e. The quantitative estimate of drug-likeness (QED) is 0.379. The summed E-state index contributed by atoms with van der Waals surface area (Å²) in [5.41, 5.74) is 1.07. The van der Waals surface area contributed by atoms with Gasteiger partial charge >= 0.3 is 0 Å². The van der Waals surface area contributed by atoms with Gasteiger partial charge in [-0.2, -0.15) is 5.90 Å². The molecule has 0 saturated heterocycles. The SMILES string of the molecule is CC(C)=CON. The van der Waals surface area contributed by atoms with Crippen LogP contribution in [0.15, 0.2) is 11.8 Å². The molecule has 0 saturated carbocycles. The van der Waals surface area contributed by atoms with Crippen LogP contribution in [-0.2, 0) is 4.84 Å². The summed E-state index contributed by atoms with van der Waals surface area (Å²) >= 11 is 0. The van der Waals surface area contributed by atoms with Crippen LogP contribution in [0.2, 0.25) is 0 Å². The predicted octanol–water partition coefficient (Wildman–Crippen LogP) is 0.800. The average Bonchev–Trinajstić information content (AvgIpc) is 1.35. The monoisotopic (exact) mass is 87.1 g/mol. The third-order valence-corrected chi connectivity index (χ3v) is 0.304. The van der Waals surface area contributed by atoms with E-state index in [9.17, 15) is 0 Å². The van der Waals surface area contributed by atoms with Crippen molar-refractivity contribution in [1.82, 2.24) is 0 Å². The van der Waals surface area contributed by atoms with E-state index in [-0.39, 0.29) is 0 Å². The molecule has 0 bridgehead atoms. The molecule has 6 heavy (non-hydrogen) atoms. The molecule has 0 radical (unpaired) electrons. The van der Waals surface area contributed by atoms with Gasteiger partial charge in [0.1, 0.15) is 6.26 Å². The van der Waals surface area contributed by atoms with Gasteiger partial charge in [0.15, 0.2) is 0 Å². The van der Waals surface area contributed by atoms with Crippen molar-refractivity contribution < 1.29 is 4.84 Å². The van der Waals surface area contributed by atoms with Crippen LogP contribution >= 0.6 is 0 Å². The smallest absolute Gasteiger partial charge is 0.109 e. The van der Waals surface area contributed by atoms with Gasteiger partial charge < -0.3 is 4.84 Å². The molecule has 0 rings (SSSR count). The molecule has 36 valence electrons. The zero-order chi connectivity index (χ0) is 4.99. The van der Waals surface area contributed by atoms with Gasteiger partial charge in [0, 0.05) is 0 Å². The minimum atomic E-state index is 1.07. The van der Waals surface area contributed by atoms with Crippen LogP contribution < -0.4 is 5.90 Å². The topological polar surface area (TPSA) is 35.2 Å². The molecule has 0 aromatic heterocycles. The van der Waals surface area contributed by atoms with Gasteiger partial charge in [-0.05, 0) is 19.4 Å². The normalized spacial score (nSPS) is 7.17. The number of allylic oxidation sites excluding steroid dienone is 1. The zero-order valence-corrected chi connectivity index (χ0v) is 4.06. The maximum absolute atomic E-state index is 4.65. The highest BCUT2D eigenvalue weighted by molar-refractivity contribution is 4.85. The van der Waals surface area contributed by atoms with Crippen LogP contribution in [0.25, 0.3) is 0 Å². The summed E-state index contributed by atoms with van der Waals surface area (Å²) in [6.45, 7) is 3.82. The summed E-state index contributed by atoms with van der Waals surface area (Å²) < 4.78 is 0. The minimum absolute atomic E-state index is 1.07. The number of hydrogen-bond acceptors (Lipinski definition) is 2. The lowest BCUT2D eigenvalue weighted by Crippen LogP contribution is -1.88. The molecule has 0 aromatic rings. The largest absolute Gasteiger partial charge is 0.419 e. The van der Waals surface area contributed by atoms with Crippen molar-refractivity contribution >= 4 is 0 Å². The Labute approximate surface area is 37.6 Å². The molecular weight excluding hydrogens is 78.0 g/mol. The van der Waals surface area contributed by atoms with Crippen LogP contribution in [0.4, 0.5) is 0 Å². The molecule has 0 spiro atoms. The summed E-state index contributed by atoms with van der Waals surface area (Å²) in [7, 11) is 0. The van der Waals surface area contributed by atoms with Crippen molar-refractivity contribution in [2.75, 3.05) is 0 Å². The van der Waals surface area contributed by atoms with E-state index in [2.05, 4.69) is 10.7 Å². The molecule has 0 heterocycles. The molecule has 0 fully saturated rings. The number of nitrogens with two attached hydrogens (primary N) is 1. The van der Waals surface area contributed by atoms with Gasteiger partial charge in [-0.3, -0.25) is 0 Å². The Hall–Kier alpha value is -0.500. The van der Waals surface area contributed by atoms with E-state index in [1.807, 2.05) is 13.8 Å². The van der Waals surface area contributed by atoms with E-state index in [0.717, 1.165) is 5.57 Å². The van der Waals surface area contributed by atoms with Crippen LogP contribution in [0, 0.1) is 0 Å². The lowest BCUT2D eigenvalue weighted by atomic mass is 10.4. The Kier molecular flexibility index (Phi) is 2.50. The summed E-state index contributed by atoms with van der Waals surface area (Å²) in [5, 5.41) is 0. The second kappa shape index (κ2) is 2.72. The molecule has 0 aliphatic heterocycles. The van der Waals surface area contributed by atoms with E-state index in [1.165, 1.54) is 6.26 Å². The molecule has 0 aromatic carbocycles. The first-order valence-corrected chi connectivity index (χ1v) is 1.76. The molecule has 2 nitrogen and oxygen atoms in total. The molecular formula is C4H9NO. The summed E-state index contributed by atoms with van der Waals surface area (Å²) in [6.07, 6.45) is 1.49. The predicted molar refractivity (Wildman–Crippen MR) is 24.7 cm³/mol. The molecule has 0 unspecified atom stereocenters. The molecule has 0 amide bonds. The fraction of sp³-hybridized carbons (Fsp3) is 0.500. The highest BCUT2D eigenvalue weighted by Gasteiger charge is 1.67. The highest BCUT2D eigenvalue weighted by Crippen LogP contribution is 1.83. The first kappa shape index (κ1) is 5.50. The van der Waals surface area contributed by atoms with Crippen LogP contribution in [0.3, 0.4) is 0 Å². The second-order valence-corrected chi connectivity index (χ2v) is 1.33. The fourth-order valence-electron chi connectivity index (χ4n) is 0.136. The summed E-state index contributed by atoms with van der Waals surface area (Å²) in [4.78, 5) is 4.14. The van der Waals surface area contributed by atoms with E-state index in [4.69, 9.17) is 0 Å². The second-order valence-electron chi connectivity index (χ2n) is 1.33. The van der Waals surface area contributed by atoms with Crippen LogP contribution in [0.1, 0.15) is 13.8 Å². The van der Waals surface area contributed by atoms with E-state index in [0.29, 0.717) is 0 Å². The van der Waals surface area contributed by atoms with Gasteiger partial charge in [-0.1, -0.05) is 0 Å². The first-order chi connectivity index (χ1) is 2.77. The third kappa shape index (κ3) is 3.50. The third-order valence-electron chi connectivity index (χ3n) is 0.304. The highest BCUT2D eigenvalue weighted by atomic mass is 16.6. The van der Waals surface area contributed by atoms with Crippen molar-refractivity contribution in [3.05, 3.63) is 11.8 Å². The summed E-state index contributed by atoms with van der Waals surface area (Å²) in [5.74, 6) is 4.65. The molecule has 0 aliphatic rings. The Bertz CT molecular complexity index is 54.6. The van der Waals surface area contributed by atoms with Crippen molar-refractivity contribution in [3.63, 3.8) is 0 Å². The van der Waals surface area contributed by atoms with Crippen molar-refractivity contribution in [3.8, 4) is 0 Å². The van der Waals surface area contributed by atoms with Crippen LogP contribution in [-0.4, -0.2) is 0 Å². The van der Waals surface area contributed by atoms with E-state index in [1.54, 1.807) is 0 Å². The maximum Gasteiger partial charge on any atom is 0.109 e. The van der Waals surface area contributed by atoms with Gasteiger partial charge in [-0.25, -0.2) is 0 Å². The van der Waals surface area contributed by atoms with Gasteiger partial charge in [0.25, 0.3) is 0 Å². The average molecular weight is 87.1 g/mol. The lowest BCUT2D eigenvalue weighted by molar-refractivity contribution is 0.258. The van der Waals surface area contributed by atoms with Crippen molar-refractivity contribution in [1.29, 1.82) is 0 Å². The van der Waals surface area contributed by atoms with Gasteiger partial charge in [0.05, 0.1) is 0 Å². The fourth-order valence-corrected chi connectivity index (χ4v) is 0.136. The Morgan fingerprint density at radius 2 is 2.17 bits per heavy atom. The lowest BCUT2D eigenvalue weighted by Gasteiger charge is -1.84. The zero-order valence-electron chi connectivity index (χ0n) is 4.06. The van der Waals surface area contributed by atoms with Crippen LogP contribution in [0.5, 0.6) is 0 Å². The maximum atomic E-state index is 4.65. The number of rotatable bonds is 1. The molecule has 2 N–H and O–H groups in total. The number of hydrogen-bond donors (Lipinski definition) is 1. The Balaban J connectivity index is 3.14. The van der Waals surface area contributed by atoms with E-state index >= 15 is 0 Å². The molecule has 0 atom stereocenters. The Morgan fingerprint density at radius 3 is 2.17 bits per heavy atom. The van der Waals surface area contributed by atoms with Crippen molar-refractivity contribution in [2.45, 2.75) is 13.8 Å². The van der Waals surface area contributed by atoms with Crippen molar-refractivity contribution in [2.24, 2.45) is 5.90 Å². The molecule has 0 aliphatic carbocycles. The summed E-state index contributed by atoms with van der Waals surface area (Å²) in [6, 6.07) is 0. The molecule has 2 heteroatoms. The van der Waals surface area contributed by atoms with Gasteiger partial charge in [0.2, 0.25) is 0 Å². The van der Waals surface area contributed by atoms with Gasteiger partial charge in [-0.15, -0.1) is 0 Å².